The predicted octanol–water partition coefficient (Wildman–Crippen LogP) is 2.84. The van der Waals surface area contributed by atoms with Crippen LogP contribution in [0.1, 0.15) is 43.9 Å². The molecular formula is C14H23FN2O. The average Bonchev–Trinajstić information content (AvgIpc) is 2.34. The van der Waals surface area contributed by atoms with Crippen molar-refractivity contribution < 1.29 is 9.13 Å². The molecule has 0 radical (unpaired) electrons. The third-order valence-electron chi connectivity index (χ3n) is 3.32. The van der Waals surface area contributed by atoms with Gasteiger partial charge < -0.3 is 4.74 Å². The minimum atomic E-state index is -0.227. The first-order chi connectivity index (χ1) is 8.39. The Balaban J connectivity index is 2.80. The van der Waals surface area contributed by atoms with Crippen LogP contribution in [0.5, 0.6) is 0 Å². The first-order valence-electron chi connectivity index (χ1n) is 6.17. The molecule has 0 heterocycles. The molecule has 0 bridgehead atoms. The van der Waals surface area contributed by atoms with Gasteiger partial charge in [-0.05, 0) is 39.7 Å². The lowest BCUT2D eigenvalue weighted by molar-refractivity contribution is 0.0116. The summed E-state index contributed by atoms with van der Waals surface area (Å²) in [7, 11) is 1.68. The Hall–Kier alpha value is -0.970. The normalized spacial score (nSPS) is 13.7. The molecule has 0 saturated carbocycles. The van der Waals surface area contributed by atoms with E-state index < -0.39 is 0 Å². The van der Waals surface area contributed by atoms with Crippen LogP contribution in [0.4, 0.5) is 4.39 Å². The van der Waals surface area contributed by atoms with Gasteiger partial charge in [-0.25, -0.2) is 4.39 Å². The van der Waals surface area contributed by atoms with E-state index in [1.165, 1.54) is 6.07 Å². The second-order valence-corrected chi connectivity index (χ2v) is 5.25. The summed E-state index contributed by atoms with van der Waals surface area (Å²) in [5.41, 5.74) is 4.10. The summed E-state index contributed by atoms with van der Waals surface area (Å²) >= 11 is 0. The highest BCUT2D eigenvalue weighted by Gasteiger charge is 2.21. The van der Waals surface area contributed by atoms with Crippen LogP contribution in [0.2, 0.25) is 0 Å². The van der Waals surface area contributed by atoms with Crippen LogP contribution in [0.25, 0.3) is 0 Å². The van der Waals surface area contributed by atoms with Crippen molar-refractivity contribution in [2.45, 2.75) is 45.3 Å². The van der Waals surface area contributed by atoms with Gasteiger partial charge in [0.25, 0.3) is 0 Å². The van der Waals surface area contributed by atoms with Crippen molar-refractivity contribution in [3.8, 4) is 0 Å². The molecule has 3 N–H and O–H groups in total. The maximum absolute atomic E-state index is 13.8. The molecule has 0 spiro atoms. The molecule has 0 aliphatic rings. The molecule has 0 aromatic heterocycles. The number of rotatable bonds is 6. The third kappa shape index (κ3) is 4.05. The molecule has 18 heavy (non-hydrogen) atoms. The zero-order chi connectivity index (χ0) is 13.8. The fourth-order valence-corrected chi connectivity index (χ4v) is 1.85. The van der Waals surface area contributed by atoms with Gasteiger partial charge in [0.2, 0.25) is 0 Å². The second kappa shape index (κ2) is 6.27. The molecule has 1 atom stereocenters. The summed E-state index contributed by atoms with van der Waals surface area (Å²) in [4.78, 5) is 0. The van der Waals surface area contributed by atoms with Crippen molar-refractivity contribution in [3.63, 3.8) is 0 Å². The predicted molar refractivity (Wildman–Crippen MR) is 71.5 cm³/mol. The van der Waals surface area contributed by atoms with E-state index in [-0.39, 0.29) is 17.5 Å². The lowest BCUT2D eigenvalue weighted by Gasteiger charge is -2.26. The monoisotopic (exact) mass is 254 g/mol. The van der Waals surface area contributed by atoms with E-state index in [2.05, 4.69) is 5.43 Å². The van der Waals surface area contributed by atoms with E-state index in [1.54, 1.807) is 13.2 Å². The minimum absolute atomic E-state index is 0.195. The van der Waals surface area contributed by atoms with Crippen LogP contribution in [0, 0.1) is 12.7 Å². The zero-order valence-electron chi connectivity index (χ0n) is 11.6. The summed E-state index contributed by atoms with van der Waals surface area (Å²) in [6, 6.07) is 4.88. The van der Waals surface area contributed by atoms with Gasteiger partial charge in [-0.1, -0.05) is 17.7 Å². The van der Waals surface area contributed by atoms with E-state index in [0.29, 0.717) is 5.56 Å². The van der Waals surface area contributed by atoms with Gasteiger partial charge in [0, 0.05) is 18.7 Å². The van der Waals surface area contributed by atoms with Gasteiger partial charge in [-0.3, -0.25) is 11.3 Å². The fourth-order valence-electron chi connectivity index (χ4n) is 1.85. The topological polar surface area (TPSA) is 47.3 Å². The number of methoxy groups -OCH3 is 1. The van der Waals surface area contributed by atoms with Gasteiger partial charge in [0.1, 0.15) is 5.82 Å². The van der Waals surface area contributed by atoms with Crippen LogP contribution in [0.3, 0.4) is 0 Å². The SMILES string of the molecule is COC(C)(C)CCC(NN)c1cc(C)ccc1F. The van der Waals surface area contributed by atoms with Gasteiger partial charge in [0.05, 0.1) is 5.60 Å². The molecule has 0 saturated heterocycles. The molecule has 1 aromatic carbocycles. The largest absolute Gasteiger partial charge is 0.379 e. The summed E-state index contributed by atoms with van der Waals surface area (Å²) < 4.78 is 19.1. The number of hydrogen-bond donors (Lipinski definition) is 2. The first kappa shape index (κ1) is 15.1. The van der Waals surface area contributed by atoms with Gasteiger partial charge in [-0.2, -0.15) is 0 Å². The maximum atomic E-state index is 13.8. The zero-order valence-corrected chi connectivity index (χ0v) is 11.6. The number of hydrogen-bond acceptors (Lipinski definition) is 3. The Bertz CT molecular complexity index is 393. The van der Waals surface area contributed by atoms with Gasteiger partial charge in [-0.15, -0.1) is 0 Å². The van der Waals surface area contributed by atoms with E-state index in [0.717, 1.165) is 18.4 Å². The van der Waals surface area contributed by atoms with Crippen LogP contribution < -0.4 is 11.3 Å². The van der Waals surface area contributed by atoms with Crippen molar-refractivity contribution in [3.05, 3.63) is 35.1 Å². The van der Waals surface area contributed by atoms with Crippen LogP contribution in [0.15, 0.2) is 18.2 Å². The summed E-state index contributed by atoms with van der Waals surface area (Å²) in [6.07, 6.45) is 1.52. The van der Waals surface area contributed by atoms with Crippen molar-refractivity contribution >= 4 is 0 Å². The van der Waals surface area contributed by atoms with E-state index >= 15 is 0 Å². The Kier molecular flexibility index (Phi) is 5.26. The number of benzene rings is 1. The number of aryl methyl sites for hydroxylation is 1. The van der Waals surface area contributed by atoms with Crippen molar-refractivity contribution in [1.82, 2.24) is 5.43 Å². The molecule has 4 heteroatoms. The molecule has 0 amide bonds. The number of ether oxygens (including phenoxy) is 1. The quantitative estimate of drug-likeness (QED) is 0.606. The van der Waals surface area contributed by atoms with E-state index in [9.17, 15) is 4.39 Å². The number of halogens is 1. The Labute approximate surface area is 108 Å². The molecular weight excluding hydrogens is 231 g/mol. The third-order valence-corrected chi connectivity index (χ3v) is 3.32. The molecule has 0 fully saturated rings. The van der Waals surface area contributed by atoms with Gasteiger partial charge in [0.15, 0.2) is 0 Å². The summed E-state index contributed by atoms with van der Waals surface area (Å²) in [6.45, 7) is 5.95. The summed E-state index contributed by atoms with van der Waals surface area (Å²) in [5, 5.41) is 0. The van der Waals surface area contributed by atoms with Crippen molar-refractivity contribution in [1.29, 1.82) is 0 Å². The maximum Gasteiger partial charge on any atom is 0.128 e. The Morgan fingerprint density at radius 2 is 2.11 bits per heavy atom. The fraction of sp³-hybridized carbons (Fsp3) is 0.571. The highest BCUT2D eigenvalue weighted by molar-refractivity contribution is 5.26. The smallest absolute Gasteiger partial charge is 0.128 e. The molecule has 0 aliphatic carbocycles. The first-order valence-corrected chi connectivity index (χ1v) is 6.17. The van der Waals surface area contributed by atoms with E-state index in [1.807, 2.05) is 26.8 Å². The Morgan fingerprint density at radius 3 is 2.67 bits per heavy atom. The number of nitrogens with one attached hydrogen (secondary N) is 1. The van der Waals surface area contributed by atoms with Crippen molar-refractivity contribution in [2.24, 2.45) is 5.84 Å². The lowest BCUT2D eigenvalue weighted by Crippen LogP contribution is -2.31. The molecule has 1 rings (SSSR count). The molecule has 0 aliphatic heterocycles. The lowest BCUT2D eigenvalue weighted by atomic mass is 9.94. The highest BCUT2D eigenvalue weighted by atomic mass is 19.1. The van der Waals surface area contributed by atoms with Crippen LogP contribution in [-0.4, -0.2) is 12.7 Å². The van der Waals surface area contributed by atoms with Crippen LogP contribution in [-0.2, 0) is 4.74 Å². The summed E-state index contributed by atoms with van der Waals surface area (Å²) in [5.74, 6) is 5.31. The van der Waals surface area contributed by atoms with E-state index in [4.69, 9.17) is 10.6 Å². The molecule has 1 unspecified atom stereocenters. The highest BCUT2D eigenvalue weighted by Crippen LogP contribution is 2.26. The standard InChI is InChI=1S/C14H23FN2O/c1-10-5-6-12(15)11(9-10)13(17-16)7-8-14(2,3)18-4/h5-6,9,13,17H,7-8,16H2,1-4H3. The van der Waals surface area contributed by atoms with Crippen molar-refractivity contribution in [2.75, 3.05) is 7.11 Å². The Morgan fingerprint density at radius 1 is 1.44 bits per heavy atom. The minimum Gasteiger partial charge on any atom is -0.379 e. The van der Waals surface area contributed by atoms with Crippen LogP contribution >= 0.6 is 0 Å². The molecule has 1 aromatic rings. The molecule has 102 valence electrons. The average molecular weight is 254 g/mol. The number of hydrazine groups is 1. The second-order valence-electron chi connectivity index (χ2n) is 5.25. The number of nitrogens with two attached hydrogens (primary N) is 1. The molecule has 3 nitrogen and oxygen atoms in total. The van der Waals surface area contributed by atoms with Gasteiger partial charge >= 0.3 is 0 Å².